The summed E-state index contributed by atoms with van der Waals surface area (Å²) in [5.74, 6) is -0.907. The van der Waals surface area contributed by atoms with Crippen LogP contribution in [0.4, 0.5) is 13.2 Å². The second-order valence-corrected chi connectivity index (χ2v) is 8.53. The monoisotopic (exact) mass is 463 g/mol. The molecule has 3 aromatic rings. The Kier molecular flexibility index (Phi) is 6.78. The van der Waals surface area contributed by atoms with Crippen molar-refractivity contribution in [2.75, 3.05) is 13.2 Å². The molecule has 0 aliphatic heterocycles. The lowest BCUT2D eigenvalue weighted by atomic mass is 9.92. The maximum atomic E-state index is 12.6. The van der Waals surface area contributed by atoms with Crippen molar-refractivity contribution in [3.8, 4) is 16.9 Å². The van der Waals surface area contributed by atoms with Crippen LogP contribution >= 0.6 is 0 Å². The molecule has 1 amide bonds. The van der Waals surface area contributed by atoms with Gasteiger partial charge in [0, 0.05) is 12.0 Å². The highest BCUT2D eigenvalue weighted by atomic mass is 19.4. The molecule has 0 fully saturated rings. The van der Waals surface area contributed by atoms with E-state index in [-0.39, 0.29) is 17.9 Å². The van der Waals surface area contributed by atoms with Gasteiger partial charge in [0.15, 0.2) is 0 Å². The van der Waals surface area contributed by atoms with Gasteiger partial charge in [0.1, 0.15) is 18.1 Å². The third-order valence-electron chi connectivity index (χ3n) is 4.85. The van der Waals surface area contributed by atoms with Crippen LogP contribution in [-0.2, 0) is 16.6 Å². The molecule has 176 valence electrons. The van der Waals surface area contributed by atoms with Crippen LogP contribution < -0.4 is 15.6 Å². The number of alkyl halides is 3. The number of aromatic amines is 1. The number of carbonyl (C=O) groups excluding carboxylic acids is 1. The first-order chi connectivity index (χ1) is 15.4. The van der Waals surface area contributed by atoms with Crippen LogP contribution in [0.5, 0.6) is 5.75 Å². The van der Waals surface area contributed by atoms with Crippen LogP contribution in [0.3, 0.4) is 0 Å². The van der Waals surface area contributed by atoms with Crippen molar-refractivity contribution >= 4 is 16.9 Å². The lowest BCUT2D eigenvalue weighted by molar-refractivity contribution is -0.274. The minimum Gasteiger partial charge on any atom is -0.406 e. The first-order valence-electron chi connectivity index (χ1n) is 10.2. The second kappa shape index (κ2) is 9.22. The molecule has 0 aliphatic carbocycles. The van der Waals surface area contributed by atoms with E-state index in [0.29, 0.717) is 39.8 Å². The third-order valence-corrected chi connectivity index (χ3v) is 4.85. The molecule has 0 aliphatic rings. The number of H-pyrrole nitrogens is 1. The Morgan fingerprint density at radius 3 is 2.52 bits per heavy atom. The van der Waals surface area contributed by atoms with Crippen LogP contribution in [0.15, 0.2) is 41.2 Å². The summed E-state index contributed by atoms with van der Waals surface area (Å²) in [7, 11) is 0. The zero-order valence-electron chi connectivity index (χ0n) is 18.3. The van der Waals surface area contributed by atoms with E-state index in [1.807, 2.05) is 20.8 Å². The van der Waals surface area contributed by atoms with Gasteiger partial charge < -0.3 is 20.1 Å². The van der Waals surface area contributed by atoms with Gasteiger partial charge in [-0.3, -0.25) is 9.59 Å². The smallest absolute Gasteiger partial charge is 0.406 e. The van der Waals surface area contributed by atoms with E-state index < -0.39 is 24.3 Å². The van der Waals surface area contributed by atoms with E-state index >= 15 is 0 Å². The van der Waals surface area contributed by atoms with E-state index in [1.165, 1.54) is 18.2 Å². The summed E-state index contributed by atoms with van der Waals surface area (Å²) in [6, 6.07) is 8.89. The van der Waals surface area contributed by atoms with E-state index in [4.69, 9.17) is 5.11 Å². The molecule has 1 aromatic heterocycles. The molecule has 0 radical (unpaired) electrons. The number of nitrogens with one attached hydrogen (secondary N) is 2. The summed E-state index contributed by atoms with van der Waals surface area (Å²) in [4.78, 5) is 31.5. The molecule has 2 aromatic carbocycles. The minimum absolute atomic E-state index is 0.195. The van der Waals surface area contributed by atoms with Crippen LogP contribution in [0, 0.1) is 0 Å². The summed E-state index contributed by atoms with van der Waals surface area (Å²) < 4.78 is 41.9. The molecule has 3 rings (SSSR count). The topological polar surface area (TPSA) is 104 Å². The van der Waals surface area contributed by atoms with Gasteiger partial charge >= 0.3 is 6.36 Å². The molecular formula is C23H24F3N3O4. The number of amides is 1. The maximum Gasteiger partial charge on any atom is 0.573 e. The molecule has 3 N–H and O–H groups in total. The summed E-state index contributed by atoms with van der Waals surface area (Å²) in [5, 5.41) is 11.5. The van der Waals surface area contributed by atoms with Gasteiger partial charge in [0.2, 0.25) is 5.91 Å². The zero-order chi connectivity index (χ0) is 24.4. The number of ether oxygens (including phenoxy) is 1. The Labute approximate surface area is 187 Å². The molecule has 7 nitrogen and oxygen atoms in total. The number of rotatable bonds is 6. The van der Waals surface area contributed by atoms with Gasteiger partial charge in [-0.1, -0.05) is 32.9 Å². The Balaban J connectivity index is 2.12. The van der Waals surface area contributed by atoms with Crippen molar-refractivity contribution in [3.63, 3.8) is 0 Å². The van der Waals surface area contributed by atoms with Crippen molar-refractivity contribution in [1.29, 1.82) is 0 Å². The number of hydrogen-bond donors (Lipinski definition) is 3. The van der Waals surface area contributed by atoms with Crippen LogP contribution in [0.2, 0.25) is 0 Å². The lowest BCUT2D eigenvalue weighted by Crippen LogP contribution is -2.29. The van der Waals surface area contributed by atoms with Crippen molar-refractivity contribution in [2.45, 2.75) is 39.0 Å². The standard InChI is InChI=1S/C23H24F3N3O4/c1-22(2,3)20-21(32)28-17-11-15(13-5-4-6-16(10-13)33-23(24,25)26)9-14(19(17)29-20)7-8-27-18(31)12-30/h4-6,9-11,30H,7-8,12H2,1-3H3,(H,27,31)(H,28,32). The SMILES string of the molecule is CC(C)(C)c1nc2c(CCNC(=O)CO)cc(-c3cccc(OC(F)(F)F)c3)cc2[nH]c1=O. The summed E-state index contributed by atoms with van der Waals surface area (Å²) in [6.07, 6.45) is -4.51. The van der Waals surface area contributed by atoms with Crippen molar-refractivity contribution in [3.05, 3.63) is 58.0 Å². The first kappa shape index (κ1) is 24.2. The Morgan fingerprint density at radius 2 is 1.88 bits per heavy atom. The van der Waals surface area contributed by atoms with E-state index in [9.17, 15) is 22.8 Å². The average molecular weight is 463 g/mol. The number of aliphatic hydroxyl groups excluding tert-OH is 1. The molecule has 10 heteroatoms. The Hall–Kier alpha value is -3.40. The maximum absolute atomic E-state index is 12.6. The molecule has 0 bridgehead atoms. The van der Waals surface area contributed by atoms with Crippen LogP contribution in [-0.4, -0.2) is 40.5 Å². The zero-order valence-corrected chi connectivity index (χ0v) is 18.3. The third kappa shape index (κ3) is 6.10. The number of benzene rings is 2. The predicted molar refractivity (Wildman–Crippen MR) is 117 cm³/mol. The molecule has 0 saturated carbocycles. The minimum atomic E-state index is -4.82. The summed E-state index contributed by atoms with van der Waals surface area (Å²) in [6.45, 7) is 5.13. The van der Waals surface area contributed by atoms with Crippen LogP contribution in [0.25, 0.3) is 22.2 Å². The largest absolute Gasteiger partial charge is 0.573 e. The highest BCUT2D eigenvalue weighted by Crippen LogP contribution is 2.31. The molecule has 0 saturated heterocycles. The van der Waals surface area contributed by atoms with Crippen LogP contribution in [0.1, 0.15) is 32.0 Å². The number of fused-ring (bicyclic) bond motifs is 1. The summed E-state index contributed by atoms with van der Waals surface area (Å²) >= 11 is 0. The van der Waals surface area contributed by atoms with Gasteiger partial charge in [-0.2, -0.15) is 0 Å². The Morgan fingerprint density at radius 1 is 1.15 bits per heavy atom. The average Bonchev–Trinajstić information content (AvgIpc) is 2.70. The van der Waals surface area contributed by atoms with Gasteiger partial charge in [-0.15, -0.1) is 13.2 Å². The molecule has 0 spiro atoms. The molecule has 1 heterocycles. The molecule has 33 heavy (non-hydrogen) atoms. The fraction of sp³-hybridized carbons (Fsp3) is 0.348. The lowest BCUT2D eigenvalue weighted by Gasteiger charge is -2.18. The van der Waals surface area contributed by atoms with Crippen molar-refractivity contribution < 1.29 is 27.8 Å². The van der Waals surface area contributed by atoms with Crippen molar-refractivity contribution in [2.24, 2.45) is 0 Å². The van der Waals surface area contributed by atoms with Gasteiger partial charge in [-0.05, 0) is 47.4 Å². The molecular weight excluding hydrogens is 439 g/mol. The highest BCUT2D eigenvalue weighted by molar-refractivity contribution is 5.85. The van der Waals surface area contributed by atoms with E-state index in [0.717, 1.165) is 0 Å². The van der Waals surface area contributed by atoms with E-state index in [1.54, 1.807) is 18.2 Å². The quantitative estimate of drug-likeness (QED) is 0.520. The number of aromatic nitrogens is 2. The molecule has 0 unspecified atom stereocenters. The number of carbonyl (C=O) groups is 1. The summed E-state index contributed by atoms with van der Waals surface area (Å²) in [5.41, 5.74) is 2.04. The second-order valence-electron chi connectivity index (χ2n) is 8.53. The predicted octanol–water partition coefficient (Wildman–Crippen LogP) is 3.44. The fourth-order valence-electron chi connectivity index (χ4n) is 3.40. The van der Waals surface area contributed by atoms with E-state index in [2.05, 4.69) is 20.0 Å². The van der Waals surface area contributed by atoms with Gasteiger partial charge in [0.05, 0.1) is 11.0 Å². The first-order valence-corrected chi connectivity index (χ1v) is 10.2. The van der Waals surface area contributed by atoms with Crippen molar-refractivity contribution in [1.82, 2.24) is 15.3 Å². The van der Waals surface area contributed by atoms with Gasteiger partial charge in [-0.25, -0.2) is 4.98 Å². The molecule has 0 atom stereocenters. The number of halogens is 3. The number of nitrogens with zero attached hydrogens (tertiary/aromatic N) is 1. The van der Waals surface area contributed by atoms with Gasteiger partial charge in [0.25, 0.3) is 5.56 Å². The highest BCUT2D eigenvalue weighted by Gasteiger charge is 2.31. The normalized spacial score (nSPS) is 12.1. The fourth-order valence-corrected chi connectivity index (χ4v) is 3.40. The Bertz CT molecular complexity index is 1230. The number of aliphatic hydroxyl groups is 1. The number of hydrogen-bond acceptors (Lipinski definition) is 5.